The first-order valence-electron chi connectivity index (χ1n) is 5.83. The zero-order valence-corrected chi connectivity index (χ0v) is 12.4. The zero-order valence-electron chi connectivity index (χ0n) is 11.6. The maximum atomic E-state index is 9.88. The number of rotatable bonds is 4. The van der Waals surface area contributed by atoms with Crippen LogP contribution in [0.3, 0.4) is 0 Å². The quantitative estimate of drug-likeness (QED) is 0.810. The fourth-order valence-electron chi connectivity index (χ4n) is 2.05. The highest BCUT2D eigenvalue weighted by Gasteiger charge is 2.20. The molecule has 0 aliphatic carbocycles. The van der Waals surface area contributed by atoms with Gasteiger partial charge in [0.25, 0.3) is 0 Å². The van der Waals surface area contributed by atoms with Crippen LogP contribution in [-0.4, -0.2) is 34.3 Å². The summed E-state index contributed by atoms with van der Waals surface area (Å²) >= 11 is 5.09. The summed E-state index contributed by atoms with van der Waals surface area (Å²) in [4.78, 5) is 6.70. The fourth-order valence-corrected chi connectivity index (χ4v) is 2.31. The monoisotopic (exact) mass is 267 g/mol. The predicted octanol–water partition coefficient (Wildman–Crippen LogP) is 1.54. The molecule has 1 heterocycles. The third-order valence-electron chi connectivity index (χ3n) is 2.56. The number of aromatic nitrogens is 1. The summed E-state index contributed by atoms with van der Waals surface area (Å²) in [7, 11) is 1.88. The van der Waals surface area contributed by atoms with E-state index in [9.17, 15) is 5.11 Å². The second-order valence-electron chi connectivity index (χ2n) is 5.31. The number of likely N-dealkylation sites (N-methyl/N-ethyl adjacent to an activating group) is 1. The molecule has 0 bridgehead atoms. The van der Waals surface area contributed by atoms with Crippen molar-refractivity contribution in [2.24, 2.45) is 5.73 Å². The second-order valence-corrected chi connectivity index (χ2v) is 5.75. The van der Waals surface area contributed by atoms with Crippen LogP contribution in [0.15, 0.2) is 6.07 Å². The van der Waals surface area contributed by atoms with Crippen molar-refractivity contribution < 1.29 is 5.11 Å². The maximum absolute atomic E-state index is 9.88. The van der Waals surface area contributed by atoms with Crippen LogP contribution in [-0.2, 0) is 0 Å². The molecule has 0 aliphatic heterocycles. The van der Waals surface area contributed by atoms with Crippen molar-refractivity contribution in [3.05, 3.63) is 22.9 Å². The summed E-state index contributed by atoms with van der Waals surface area (Å²) in [6, 6.07) is 1.95. The van der Waals surface area contributed by atoms with Crippen molar-refractivity contribution in [3.63, 3.8) is 0 Å². The molecule has 3 N–H and O–H groups in total. The van der Waals surface area contributed by atoms with E-state index in [-0.39, 0.29) is 0 Å². The summed E-state index contributed by atoms with van der Waals surface area (Å²) in [6.45, 7) is 7.86. The normalized spacial score (nSPS) is 11.4. The number of aliphatic hydroxyl groups is 1. The number of anilines is 1. The molecule has 0 aliphatic rings. The zero-order chi connectivity index (χ0) is 14.1. The van der Waals surface area contributed by atoms with E-state index in [4.69, 9.17) is 18.0 Å². The van der Waals surface area contributed by atoms with E-state index < -0.39 is 5.60 Å². The van der Waals surface area contributed by atoms with E-state index in [0.717, 1.165) is 22.6 Å². The minimum absolute atomic E-state index is 0.331. The molecule has 18 heavy (non-hydrogen) atoms. The Balaban J connectivity index is 3.26. The van der Waals surface area contributed by atoms with Crippen LogP contribution in [0.4, 0.5) is 5.82 Å². The van der Waals surface area contributed by atoms with Gasteiger partial charge in [-0.3, -0.25) is 0 Å². The molecule has 0 fully saturated rings. The van der Waals surface area contributed by atoms with Crippen LogP contribution < -0.4 is 10.6 Å². The highest BCUT2D eigenvalue weighted by atomic mass is 32.1. The lowest BCUT2D eigenvalue weighted by Gasteiger charge is -2.28. The Morgan fingerprint density at radius 2 is 2.06 bits per heavy atom. The smallest absolute Gasteiger partial charge is 0.139 e. The standard InChI is InChI=1S/C13H21N3OS/c1-8-6-9(2)15-12(10(8)11(14)18)16(5)7-13(3,4)17/h6,17H,7H2,1-5H3,(H2,14,18). The van der Waals surface area contributed by atoms with E-state index in [2.05, 4.69) is 4.98 Å². The highest BCUT2D eigenvalue weighted by molar-refractivity contribution is 7.80. The Morgan fingerprint density at radius 3 is 2.50 bits per heavy atom. The molecule has 0 saturated carbocycles. The van der Waals surface area contributed by atoms with Gasteiger partial charge in [0.1, 0.15) is 10.8 Å². The third-order valence-corrected chi connectivity index (χ3v) is 2.76. The second kappa shape index (κ2) is 5.20. The minimum atomic E-state index is -0.804. The Hall–Kier alpha value is -1.20. The summed E-state index contributed by atoms with van der Waals surface area (Å²) in [6.07, 6.45) is 0. The topological polar surface area (TPSA) is 62.4 Å². The van der Waals surface area contributed by atoms with E-state index >= 15 is 0 Å². The van der Waals surface area contributed by atoms with E-state index in [0.29, 0.717) is 11.5 Å². The van der Waals surface area contributed by atoms with Crippen molar-refractivity contribution in [1.82, 2.24) is 4.98 Å². The van der Waals surface area contributed by atoms with Gasteiger partial charge in [-0.05, 0) is 39.3 Å². The molecule has 0 atom stereocenters. The molecule has 0 spiro atoms. The molecular formula is C13H21N3OS. The van der Waals surface area contributed by atoms with Gasteiger partial charge in [0, 0.05) is 19.3 Å². The van der Waals surface area contributed by atoms with Crippen molar-refractivity contribution in [2.45, 2.75) is 33.3 Å². The van der Waals surface area contributed by atoms with Crippen molar-refractivity contribution in [1.29, 1.82) is 0 Å². The molecular weight excluding hydrogens is 246 g/mol. The fraction of sp³-hybridized carbons (Fsp3) is 0.538. The summed E-state index contributed by atoms with van der Waals surface area (Å²) < 4.78 is 0. The first kappa shape index (κ1) is 14.9. The average Bonchev–Trinajstić information content (AvgIpc) is 2.12. The van der Waals surface area contributed by atoms with Crippen molar-refractivity contribution in [2.75, 3.05) is 18.5 Å². The lowest BCUT2D eigenvalue weighted by atomic mass is 10.1. The minimum Gasteiger partial charge on any atom is -0.389 e. The van der Waals surface area contributed by atoms with Gasteiger partial charge in [-0.25, -0.2) is 4.98 Å². The summed E-state index contributed by atoms with van der Waals surface area (Å²) in [5.74, 6) is 0.724. The van der Waals surface area contributed by atoms with Gasteiger partial charge in [0.05, 0.1) is 11.2 Å². The predicted molar refractivity (Wildman–Crippen MR) is 79.2 cm³/mol. The van der Waals surface area contributed by atoms with E-state index in [1.165, 1.54) is 0 Å². The van der Waals surface area contributed by atoms with Gasteiger partial charge in [0.15, 0.2) is 0 Å². The largest absolute Gasteiger partial charge is 0.389 e. The molecule has 5 heteroatoms. The lowest BCUT2D eigenvalue weighted by molar-refractivity contribution is 0.0884. The molecule has 0 aromatic carbocycles. The van der Waals surface area contributed by atoms with Gasteiger partial charge in [-0.15, -0.1) is 0 Å². The Morgan fingerprint density at radius 1 is 1.50 bits per heavy atom. The number of aryl methyl sites for hydroxylation is 2. The van der Waals surface area contributed by atoms with Gasteiger partial charge >= 0.3 is 0 Å². The van der Waals surface area contributed by atoms with Gasteiger partial charge in [0.2, 0.25) is 0 Å². The average molecular weight is 267 g/mol. The van der Waals surface area contributed by atoms with Crippen LogP contribution in [0.5, 0.6) is 0 Å². The van der Waals surface area contributed by atoms with Gasteiger partial charge in [-0.1, -0.05) is 12.2 Å². The van der Waals surface area contributed by atoms with Crippen molar-refractivity contribution in [3.8, 4) is 0 Å². The molecule has 1 rings (SSSR count). The molecule has 4 nitrogen and oxygen atoms in total. The summed E-state index contributed by atoms with van der Waals surface area (Å²) in [5.41, 5.74) is 7.66. The van der Waals surface area contributed by atoms with E-state index in [1.807, 2.05) is 31.9 Å². The molecule has 0 amide bonds. The molecule has 1 aromatic heterocycles. The number of thiocarbonyl (C=S) groups is 1. The molecule has 0 unspecified atom stereocenters. The number of hydrogen-bond donors (Lipinski definition) is 2. The van der Waals surface area contributed by atoms with Crippen LogP contribution in [0.2, 0.25) is 0 Å². The van der Waals surface area contributed by atoms with Crippen molar-refractivity contribution >= 4 is 23.0 Å². The molecule has 1 aromatic rings. The Bertz CT molecular complexity index is 466. The first-order chi connectivity index (χ1) is 8.11. The summed E-state index contributed by atoms with van der Waals surface area (Å²) in [5, 5.41) is 9.88. The SMILES string of the molecule is Cc1cc(C)c(C(N)=S)c(N(C)CC(C)(C)O)n1. The van der Waals surface area contributed by atoms with E-state index in [1.54, 1.807) is 13.8 Å². The van der Waals surface area contributed by atoms with Crippen LogP contribution in [0, 0.1) is 13.8 Å². The molecule has 100 valence electrons. The Kier molecular flexibility index (Phi) is 4.29. The maximum Gasteiger partial charge on any atom is 0.139 e. The lowest BCUT2D eigenvalue weighted by Crippen LogP contribution is -2.37. The number of hydrogen-bond acceptors (Lipinski definition) is 4. The number of nitrogens with two attached hydrogens (primary N) is 1. The van der Waals surface area contributed by atoms with Crippen LogP contribution in [0.25, 0.3) is 0 Å². The van der Waals surface area contributed by atoms with Gasteiger partial charge < -0.3 is 15.7 Å². The van der Waals surface area contributed by atoms with Crippen LogP contribution in [0.1, 0.15) is 30.7 Å². The third kappa shape index (κ3) is 3.65. The first-order valence-corrected chi connectivity index (χ1v) is 6.24. The molecule has 0 radical (unpaired) electrons. The van der Waals surface area contributed by atoms with Crippen LogP contribution >= 0.6 is 12.2 Å². The highest BCUT2D eigenvalue weighted by Crippen LogP contribution is 2.23. The Labute approximate surface area is 114 Å². The van der Waals surface area contributed by atoms with Gasteiger partial charge in [-0.2, -0.15) is 0 Å². The molecule has 0 saturated heterocycles. The number of pyridine rings is 1. The number of nitrogens with zero attached hydrogens (tertiary/aromatic N) is 2.